The molecule has 1 aliphatic heterocycles. The Balaban J connectivity index is 1.53. The van der Waals surface area contributed by atoms with E-state index in [1.54, 1.807) is 31.7 Å². The number of nitrogens with one attached hydrogen (secondary N) is 3. The maximum atomic E-state index is 15.6. The zero-order valence-corrected chi connectivity index (χ0v) is 28.4. The smallest absolute Gasteiger partial charge is 0.344 e. The number of benzene rings is 1. The molecule has 0 spiro atoms. The number of carbonyl (C=O) groups excluding carboxylic acids is 4. The van der Waals surface area contributed by atoms with E-state index in [0.29, 0.717) is 57.0 Å². The molecule has 4 rings (SSSR count). The summed E-state index contributed by atoms with van der Waals surface area (Å²) in [6, 6.07) is 1.83. The summed E-state index contributed by atoms with van der Waals surface area (Å²) in [5.74, 6) is -8.39. The summed E-state index contributed by atoms with van der Waals surface area (Å²) in [6.45, 7) is 9.94. The minimum absolute atomic E-state index is 0.171. The number of halogens is 3. The van der Waals surface area contributed by atoms with Crippen LogP contribution in [-0.2, 0) is 31.6 Å². The second-order valence-electron chi connectivity index (χ2n) is 13.2. The van der Waals surface area contributed by atoms with Crippen molar-refractivity contribution in [1.29, 1.82) is 0 Å². The fourth-order valence-corrected chi connectivity index (χ4v) is 6.30. The molecule has 4 amide bonds. The second kappa shape index (κ2) is 16.0. The van der Waals surface area contributed by atoms with Crippen molar-refractivity contribution in [3.8, 4) is 0 Å². The average Bonchev–Trinajstić information content (AvgIpc) is 3.57. The van der Waals surface area contributed by atoms with E-state index in [2.05, 4.69) is 32.9 Å². The molecule has 3 atom stereocenters. The Morgan fingerprint density at radius 1 is 1.02 bits per heavy atom. The Bertz CT molecular complexity index is 1450. The largest absolute Gasteiger partial charge is 0.352 e. The van der Waals surface area contributed by atoms with E-state index in [1.165, 1.54) is 16.8 Å². The summed E-state index contributed by atoms with van der Waals surface area (Å²) < 4.78 is 47.3. The molecule has 14 heteroatoms. The fraction of sp³-hybridized carbons (Fsp3) is 0.618. The van der Waals surface area contributed by atoms with Crippen molar-refractivity contribution >= 4 is 29.3 Å². The van der Waals surface area contributed by atoms with Gasteiger partial charge in [-0.3, -0.25) is 23.9 Å². The Hall–Kier alpha value is -3.94. The van der Waals surface area contributed by atoms with Crippen LogP contribution in [0.2, 0.25) is 0 Å². The van der Waals surface area contributed by atoms with Crippen molar-refractivity contribution < 1.29 is 32.3 Å². The number of carbonyl (C=O) groups is 4. The minimum Gasteiger partial charge on any atom is -0.344 e. The summed E-state index contributed by atoms with van der Waals surface area (Å²) in [6.07, 6.45) is 4.76. The van der Waals surface area contributed by atoms with Crippen LogP contribution in [0.25, 0.3) is 0 Å². The van der Waals surface area contributed by atoms with Gasteiger partial charge in [-0.05, 0) is 56.3 Å². The van der Waals surface area contributed by atoms with Crippen LogP contribution >= 0.6 is 0 Å². The molecular formula is C34H48F3N7O4. The first-order valence-corrected chi connectivity index (χ1v) is 16.8. The number of aryl methyl sites for hydroxylation is 1. The minimum atomic E-state index is -3.94. The van der Waals surface area contributed by atoms with Gasteiger partial charge in [-0.25, -0.2) is 4.39 Å². The van der Waals surface area contributed by atoms with Gasteiger partial charge in [0, 0.05) is 51.3 Å². The van der Waals surface area contributed by atoms with E-state index in [9.17, 15) is 19.2 Å². The highest BCUT2D eigenvalue weighted by atomic mass is 19.3. The second-order valence-corrected chi connectivity index (χ2v) is 13.2. The molecule has 1 saturated heterocycles. The molecule has 2 aliphatic rings. The van der Waals surface area contributed by atoms with Gasteiger partial charge in [-0.1, -0.05) is 39.7 Å². The third kappa shape index (κ3) is 8.74. The Morgan fingerprint density at radius 2 is 1.69 bits per heavy atom. The van der Waals surface area contributed by atoms with Gasteiger partial charge in [-0.2, -0.15) is 13.9 Å². The molecule has 48 heavy (non-hydrogen) atoms. The maximum Gasteiger partial charge on any atom is 0.352 e. The zero-order chi connectivity index (χ0) is 35.2. The van der Waals surface area contributed by atoms with Gasteiger partial charge in [-0.15, -0.1) is 0 Å². The van der Waals surface area contributed by atoms with Crippen molar-refractivity contribution in [2.75, 3.05) is 38.5 Å². The van der Waals surface area contributed by atoms with Gasteiger partial charge in [0.15, 0.2) is 0 Å². The fourth-order valence-electron chi connectivity index (χ4n) is 6.30. The molecule has 2 fully saturated rings. The summed E-state index contributed by atoms with van der Waals surface area (Å²) in [5, 5.41) is 11.4. The van der Waals surface area contributed by atoms with E-state index in [1.807, 2.05) is 7.05 Å². The summed E-state index contributed by atoms with van der Waals surface area (Å²) in [4.78, 5) is 56.3. The molecule has 3 N–H and O–H groups in total. The highest BCUT2D eigenvalue weighted by Crippen LogP contribution is 2.34. The Morgan fingerprint density at radius 3 is 2.27 bits per heavy atom. The molecule has 1 saturated carbocycles. The third-order valence-electron chi connectivity index (χ3n) is 9.70. The number of aromatic nitrogens is 2. The predicted octanol–water partition coefficient (Wildman–Crippen LogP) is 3.86. The van der Waals surface area contributed by atoms with Crippen molar-refractivity contribution in [2.24, 2.45) is 11.8 Å². The van der Waals surface area contributed by atoms with Crippen LogP contribution < -0.4 is 16.0 Å². The maximum absolute atomic E-state index is 15.6. The van der Waals surface area contributed by atoms with Gasteiger partial charge in [0.25, 0.3) is 5.91 Å². The van der Waals surface area contributed by atoms with Crippen molar-refractivity contribution in [3.63, 3.8) is 0 Å². The van der Waals surface area contributed by atoms with E-state index in [0.717, 1.165) is 25.2 Å². The number of amides is 4. The highest BCUT2D eigenvalue weighted by molar-refractivity contribution is 5.98. The number of piperazine rings is 1. The number of rotatable bonds is 12. The van der Waals surface area contributed by atoms with Gasteiger partial charge < -0.3 is 25.8 Å². The van der Waals surface area contributed by atoms with Gasteiger partial charge in [0.1, 0.15) is 17.9 Å². The van der Waals surface area contributed by atoms with Crippen LogP contribution in [0.3, 0.4) is 0 Å². The molecule has 264 valence electrons. The third-order valence-corrected chi connectivity index (χ3v) is 9.70. The number of hydrogen-bond donors (Lipinski definition) is 3. The van der Waals surface area contributed by atoms with Crippen molar-refractivity contribution in [2.45, 2.75) is 90.3 Å². The monoisotopic (exact) mass is 675 g/mol. The summed E-state index contributed by atoms with van der Waals surface area (Å²) in [7, 11) is 1.97. The van der Waals surface area contributed by atoms with E-state index >= 15 is 13.2 Å². The molecule has 0 radical (unpaired) electrons. The average molecular weight is 676 g/mol. The van der Waals surface area contributed by atoms with Crippen molar-refractivity contribution in [1.82, 2.24) is 30.2 Å². The Labute approximate surface area is 280 Å². The molecule has 0 bridgehead atoms. The van der Waals surface area contributed by atoms with Gasteiger partial charge >= 0.3 is 5.92 Å². The van der Waals surface area contributed by atoms with Crippen LogP contribution in [0.1, 0.15) is 76.8 Å². The number of nitrogens with zero attached hydrogens (tertiary/aromatic N) is 4. The normalized spacial score (nSPS) is 20.8. The molecule has 1 aromatic heterocycles. The van der Waals surface area contributed by atoms with Gasteiger partial charge in [0.2, 0.25) is 17.7 Å². The van der Waals surface area contributed by atoms with Crippen LogP contribution in [0.15, 0.2) is 30.6 Å². The lowest BCUT2D eigenvalue weighted by Gasteiger charge is -2.36. The molecule has 1 aromatic carbocycles. The topological polar surface area (TPSA) is 129 Å². The van der Waals surface area contributed by atoms with E-state index in [-0.39, 0.29) is 23.9 Å². The number of hydrogen-bond acceptors (Lipinski definition) is 6. The van der Waals surface area contributed by atoms with Crippen LogP contribution in [-0.4, -0.2) is 88.5 Å². The SMILES string of the molecule is CCC(=O)N[C@@H](C(=O)N1CCN(C)CC1)[C@@H](C)c1ccc(NC(=O)[C@@H](NC(=O)C(F)(F)c2cnn(CC)c2)C2CCC(C)CC2)c(F)c1. The first-order valence-electron chi connectivity index (χ1n) is 16.8. The lowest BCUT2D eigenvalue weighted by molar-refractivity contribution is -0.149. The predicted molar refractivity (Wildman–Crippen MR) is 175 cm³/mol. The first-order chi connectivity index (χ1) is 22.7. The van der Waals surface area contributed by atoms with Gasteiger partial charge in [0.05, 0.1) is 17.4 Å². The number of anilines is 1. The quantitative estimate of drug-likeness (QED) is 0.314. The molecule has 11 nitrogen and oxygen atoms in total. The van der Waals surface area contributed by atoms with Crippen LogP contribution in [0.4, 0.5) is 18.9 Å². The lowest BCUT2D eigenvalue weighted by Crippen LogP contribution is -2.55. The molecule has 2 heterocycles. The first kappa shape index (κ1) is 36.9. The molecule has 2 aromatic rings. The number of likely N-dealkylation sites (N-methyl/N-ethyl adjacent to an activating group) is 1. The van der Waals surface area contributed by atoms with E-state index in [4.69, 9.17) is 0 Å². The molecular weight excluding hydrogens is 627 g/mol. The summed E-state index contributed by atoms with van der Waals surface area (Å²) >= 11 is 0. The molecule has 1 aliphatic carbocycles. The molecule has 0 unspecified atom stereocenters. The van der Waals surface area contributed by atoms with Crippen LogP contribution in [0, 0.1) is 17.7 Å². The van der Waals surface area contributed by atoms with Crippen molar-refractivity contribution in [3.05, 3.63) is 47.5 Å². The zero-order valence-electron chi connectivity index (χ0n) is 28.4. The summed E-state index contributed by atoms with van der Waals surface area (Å²) in [5.41, 5.74) is -0.365. The number of alkyl halides is 2. The lowest BCUT2D eigenvalue weighted by atomic mass is 9.79. The standard InChI is InChI=1S/C34H48F3N7O4/c1-6-28(45)40-29(32(47)43-16-14-42(5)15-17-43)22(4)24-12-13-27(26(35)18-24)39-31(46)30(23-10-8-21(3)9-11-23)41-33(48)34(36,37)25-19-38-44(7-2)20-25/h12-13,18-23,29-30H,6-11,14-17H2,1-5H3,(H,39,46)(H,40,45)(H,41,48)/t21?,22-,23?,29+,30-/m0/s1. The highest BCUT2D eigenvalue weighted by Gasteiger charge is 2.45. The van der Waals surface area contributed by atoms with Crippen LogP contribution in [0.5, 0.6) is 0 Å². The van der Waals surface area contributed by atoms with E-state index < -0.39 is 53.0 Å². The Kier molecular flexibility index (Phi) is 12.3.